The van der Waals surface area contributed by atoms with Crippen molar-refractivity contribution in [2.45, 2.75) is 6.92 Å². The number of carboxylic acid groups (broad SMARTS) is 1. The van der Waals surface area contributed by atoms with E-state index in [1.165, 1.54) is 18.2 Å². The molecule has 3 rings (SSSR count). The van der Waals surface area contributed by atoms with Crippen molar-refractivity contribution >= 4 is 27.8 Å². The van der Waals surface area contributed by atoms with E-state index in [-0.39, 0.29) is 10.9 Å². The number of carboxylic acids is 1. The molecule has 2 aromatic heterocycles. The smallest absolute Gasteiger partial charge is 0.341 e. The average molecular weight is 271 g/mol. The summed E-state index contributed by atoms with van der Waals surface area (Å²) in [6.45, 7) is 1.72. The first-order valence-electron chi connectivity index (χ1n) is 5.80. The van der Waals surface area contributed by atoms with Gasteiger partial charge in [0.25, 0.3) is 0 Å². The number of benzene rings is 1. The van der Waals surface area contributed by atoms with Crippen LogP contribution < -0.4 is 11.1 Å². The maximum Gasteiger partial charge on any atom is 0.341 e. The first kappa shape index (κ1) is 12.2. The van der Waals surface area contributed by atoms with Gasteiger partial charge in [-0.05, 0) is 18.6 Å². The molecule has 2 N–H and O–H groups in total. The standard InChI is InChI=1S/C14H9NO5/c1-6-2-12(16)20-11-4-10-8(3-7(6)11)13(17)9(5-15-10)14(18)19/h2-5H,1H3,(H,15,17)(H,18,19). The summed E-state index contributed by atoms with van der Waals surface area (Å²) < 4.78 is 5.07. The number of aromatic amines is 1. The lowest BCUT2D eigenvalue weighted by atomic mass is 10.1. The first-order valence-corrected chi connectivity index (χ1v) is 5.80. The van der Waals surface area contributed by atoms with E-state index in [0.29, 0.717) is 22.0 Å². The van der Waals surface area contributed by atoms with Crippen molar-refractivity contribution in [1.29, 1.82) is 0 Å². The van der Waals surface area contributed by atoms with Gasteiger partial charge in [0.1, 0.15) is 11.1 Å². The van der Waals surface area contributed by atoms with Crippen molar-refractivity contribution in [3.05, 3.63) is 56.2 Å². The summed E-state index contributed by atoms with van der Waals surface area (Å²) in [4.78, 5) is 37.1. The molecule has 0 atom stereocenters. The predicted octanol–water partition coefficient (Wildman–Crippen LogP) is 1.64. The van der Waals surface area contributed by atoms with E-state index in [4.69, 9.17) is 9.52 Å². The van der Waals surface area contributed by atoms with Crippen LogP contribution in [0.25, 0.3) is 21.9 Å². The number of H-pyrrole nitrogens is 1. The number of hydrogen-bond acceptors (Lipinski definition) is 4. The number of aromatic carboxylic acids is 1. The number of aromatic nitrogens is 1. The van der Waals surface area contributed by atoms with E-state index in [1.807, 2.05) is 0 Å². The summed E-state index contributed by atoms with van der Waals surface area (Å²) >= 11 is 0. The Kier molecular flexibility index (Phi) is 2.47. The predicted molar refractivity (Wildman–Crippen MR) is 72.3 cm³/mol. The molecular formula is C14H9NO5. The molecule has 0 bridgehead atoms. The van der Waals surface area contributed by atoms with Crippen molar-refractivity contribution in [3.63, 3.8) is 0 Å². The van der Waals surface area contributed by atoms with Gasteiger partial charge in [-0.2, -0.15) is 0 Å². The molecule has 100 valence electrons. The topological polar surface area (TPSA) is 100 Å². The monoisotopic (exact) mass is 271 g/mol. The van der Waals surface area contributed by atoms with Gasteiger partial charge in [-0.25, -0.2) is 9.59 Å². The van der Waals surface area contributed by atoms with Crippen molar-refractivity contribution in [1.82, 2.24) is 4.98 Å². The van der Waals surface area contributed by atoms with Gasteiger partial charge in [0.2, 0.25) is 5.43 Å². The minimum absolute atomic E-state index is 0.245. The zero-order valence-electron chi connectivity index (χ0n) is 10.4. The number of aryl methyl sites for hydroxylation is 1. The second kappa shape index (κ2) is 4.06. The van der Waals surface area contributed by atoms with Crippen LogP contribution in [0.1, 0.15) is 15.9 Å². The molecule has 6 heteroatoms. The number of carbonyl (C=O) groups is 1. The van der Waals surface area contributed by atoms with Crippen LogP contribution in [-0.4, -0.2) is 16.1 Å². The third-order valence-corrected chi connectivity index (χ3v) is 3.18. The molecule has 0 aliphatic heterocycles. The van der Waals surface area contributed by atoms with Gasteiger partial charge < -0.3 is 14.5 Å². The lowest BCUT2D eigenvalue weighted by Crippen LogP contribution is -2.15. The van der Waals surface area contributed by atoms with Gasteiger partial charge in [0, 0.05) is 29.1 Å². The Morgan fingerprint density at radius 1 is 1.20 bits per heavy atom. The minimum Gasteiger partial charge on any atom is -0.477 e. The van der Waals surface area contributed by atoms with Gasteiger partial charge in [-0.3, -0.25) is 4.79 Å². The molecule has 1 aromatic carbocycles. The normalized spacial score (nSPS) is 11.1. The lowest BCUT2D eigenvalue weighted by molar-refractivity contribution is 0.0695. The highest BCUT2D eigenvalue weighted by Gasteiger charge is 2.13. The third kappa shape index (κ3) is 1.70. The largest absolute Gasteiger partial charge is 0.477 e. The van der Waals surface area contributed by atoms with Gasteiger partial charge in [0.05, 0.1) is 5.52 Å². The zero-order chi connectivity index (χ0) is 14.4. The molecule has 3 aromatic rings. The maximum absolute atomic E-state index is 12.1. The first-order chi connectivity index (χ1) is 9.47. The molecule has 0 spiro atoms. The molecule has 0 aliphatic rings. The lowest BCUT2D eigenvalue weighted by Gasteiger charge is -2.04. The molecule has 0 unspecified atom stereocenters. The number of pyridine rings is 1. The van der Waals surface area contributed by atoms with E-state index < -0.39 is 17.0 Å². The molecule has 0 amide bonds. The summed E-state index contributed by atoms with van der Waals surface area (Å²) in [5.74, 6) is -1.29. The Bertz CT molecular complexity index is 980. The molecule has 0 aliphatic carbocycles. The van der Waals surface area contributed by atoms with E-state index >= 15 is 0 Å². The number of rotatable bonds is 1. The van der Waals surface area contributed by atoms with Gasteiger partial charge in [-0.15, -0.1) is 0 Å². The SMILES string of the molecule is Cc1cc(=O)oc2cc3[nH]cc(C(=O)O)c(=O)c3cc12. The highest BCUT2D eigenvalue weighted by Crippen LogP contribution is 2.21. The van der Waals surface area contributed by atoms with Crippen molar-refractivity contribution in [2.75, 3.05) is 0 Å². The highest BCUT2D eigenvalue weighted by molar-refractivity contribution is 5.98. The minimum atomic E-state index is -1.29. The van der Waals surface area contributed by atoms with Crippen LogP contribution in [0.5, 0.6) is 0 Å². The van der Waals surface area contributed by atoms with Crippen LogP contribution in [0.15, 0.2) is 38.4 Å². The fourth-order valence-corrected chi connectivity index (χ4v) is 2.19. The Hall–Kier alpha value is -2.89. The van der Waals surface area contributed by atoms with Crippen LogP contribution >= 0.6 is 0 Å². The molecule has 0 radical (unpaired) electrons. The molecule has 6 nitrogen and oxygen atoms in total. The van der Waals surface area contributed by atoms with Crippen molar-refractivity contribution < 1.29 is 14.3 Å². The zero-order valence-corrected chi connectivity index (χ0v) is 10.4. The van der Waals surface area contributed by atoms with Crippen LogP contribution in [0.2, 0.25) is 0 Å². The van der Waals surface area contributed by atoms with Crippen LogP contribution in [0, 0.1) is 6.92 Å². The summed E-state index contributed by atoms with van der Waals surface area (Å²) in [6, 6.07) is 4.38. The summed E-state index contributed by atoms with van der Waals surface area (Å²) in [7, 11) is 0. The van der Waals surface area contributed by atoms with Gasteiger partial charge in [0.15, 0.2) is 0 Å². The van der Waals surface area contributed by atoms with E-state index in [0.717, 1.165) is 6.20 Å². The van der Waals surface area contributed by atoms with Crippen LogP contribution in [0.4, 0.5) is 0 Å². The Labute approximate surface area is 111 Å². The molecule has 0 saturated heterocycles. The Morgan fingerprint density at radius 3 is 2.65 bits per heavy atom. The number of fused-ring (bicyclic) bond motifs is 2. The van der Waals surface area contributed by atoms with Crippen LogP contribution in [-0.2, 0) is 0 Å². The molecule has 0 fully saturated rings. The Morgan fingerprint density at radius 2 is 1.95 bits per heavy atom. The quantitative estimate of drug-likeness (QED) is 0.517. The second-order valence-electron chi connectivity index (χ2n) is 4.48. The fraction of sp³-hybridized carbons (Fsp3) is 0.0714. The van der Waals surface area contributed by atoms with Crippen molar-refractivity contribution in [3.8, 4) is 0 Å². The summed E-state index contributed by atoms with van der Waals surface area (Å²) in [6.07, 6.45) is 1.13. The van der Waals surface area contributed by atoms with Gasteiger partial charge >= 0.3 is 11.6 Å². The maximum atomic E-state index is 12.1. The van der Waals surface area contributed by atoms with E-state index in [9.17, 15) is 14.4 Å². The fourth-order valence-electron chi connectivity index (χ4n) is 2.19. The summed E-state index contributed by atoms with van der Waals surface area (Å²) in [5.41, 5.74) is 0.0604. The van der Waals surface area contributed by atoms with Gasteiger partial charge in [-0.1, -0.05) is 0 Å². The van der Waals surface area contributed by atoms with Crippen LogP contribution in [0.3, 0.4) is 0 Å². The average Bonchev–Trinajstić information content (AvgIpc) is 2.37. The number of hydrogen-bond donors (Lipinski definition) is 2. The second-order valence-corrected chi connectivity index (χ2v) is 4.48. The molecule has 0 saturated carbocycles. The Balaban J connectivity index is 2.52. The molecule has 20 heavy (non-hydrogen) atoms. The number of nitrogens with one attached hydrogen (secondary N) is 1. The molecular weight excluding hydrogens is 262 g/mol. The molecule has 2 heterocycles. The summed E-state index contributed by atoms with van der Waals surface area (Å²) in [5, 5.41) is 9.80. The van der Waals surface area contributed by atoms with E-state index in [1.54, 1.807) is 6.92 Å². The third-order valence-electron chi connectivity index (χ3n) is 3.18. The van der Waals surface area contributed by atoms with Crippen molar-refractivity contribution in [2.24, 2.45) is 0 Å². The van der Waals surface area contributed by atoms with E-state index in [2.05, 4.69) is 4.98 Å². The highest BCUT2D eigenvalue weighted by atomic mass is 16.4.